The number of rotatable bonds is 3. The van der Waals surface area contributed by atoms with Crippen molar-refractivity contribution in [3.63, 3.8) is 0 Å². The third kappa shape index (κ3) is 2.48. The Morgan fingerprint density at radius 1 is 1.42 bits per heavy atom. The van der Waals surface area contributed by atoms with Crippen LogP contribution in [0.2, 0.25) is 0 Å². The molecule has 3 heteroatoms. The summed E-state index contributed by atoms with van der Waals surface area (Å²) in [5.41, 5.74) is 1.29. The van der Waals surface area contributed by atoms with Gasteiger partial charge in [-0.25, -0.2) is 0 Å². The molecule has 0 N–H and O–H groups in total. The summed E-state index contributed by atoms with van der Waals surface area (Å²) in [7, 11) is 1.72. The molecule has 0 saturated carbocycles. The van der Waals surface area contributed by atoms with Crippen molar-refractivity contribution in [2.45, 2.75) is 3.92 Å². The first-order chi connectivity index (χ1) is 5.79. The maximum atomic E-state index is 5.26. The van der Waals surface area contributed by atoms with Crippen molar-refractivity contribution < 1.29 is 4.74 Å². The summed E-state index contributed by atoms with van der Waals surface area (Å²) >= 11 is 4.82. The summed E-state index contributed by atoms with van der Waals surface area (Å²) in [5, 5.41) is 0. The lowest BCUT2D eigenvalue weighted by Crippen LogP contribution is -1.94. The first kappa shape index (κ1) is 10.6. The zero-order chi connectivity index (χ0) is 8.97. The molecule has 0 fully saturated rings. The summed E-state index contributed by atoms with van der Waals surface area (Å²) in [6.07, 6.45) is 0. The minimum Gasteiger partial charge on any atom is -0.496 e. The molecule has 0 heterocycles. The third-order valence-electron chi connectivity index (χ3n) is 1.61. The zero-order valence-corrected chi connectivity index (χ0v) is 11.1. The van der Waals surface area contributed by atoms with Crippen LogP contribution in [0.5, 0.6) is 5.75 Å². The molecule has 1 atom stereocenters. The van der Waals surface area contributed by atoms with E-state index < -0.39 is 0 Å². The molecular weight excluding hydrogens is 378 g/mol. The lowest BCUT2D eigenvalue weighted by atomic mass is 10.1. The second-order valence-electron chi connectivity index (χ2n) is 2.36. The van der Waals surface area contributed by atoms with E-state index in [9.17, 15) is 0 Å². The molecule has 1 aromatic rings. The van der Waals surface area contributed by atoms with Gasteiger partial charge in [0.2, 0.25) is 0 Å². The van der Waals surface area contributed by atoms with Gasteiger partial charge in [0.25, 0.3) is 0 Å². The summed E-state index contributed by atoms with van der Waals surface area (Å²) in [6, 6.07) is 8.18. The number of methoxy groups -OCH3 is 1. The van der Waals surface area contributed by atoms with Gasteiger partial charge in [0.05, 0.1) is 7.11 Å². The average molecular weight is 388 g/mol. The van der Waals surface area contributed by atoms with Crippen LogP contribution < -0.4 is 4.74 Å². The number of alkyl halides is 2. The molecule has 1 nitrogen and oxygen atoms in total. The second-order valence-corrected chi connectivity index (χ2v) is 4.75. The van der Waals surface area contributed by atoms with E-state index in [0.717, 1.165) is 10.2 Å². The van der Waals surface area contributed by atoms with Crippen molar-refractivity contribution >= 4 is 45.2 Å². The third-order valence-corrected chi connectivity index (χ3v) is 5.29. The summed E-state index contributed by atoms with van der Waals surface area (Å²) < 4.78 is 6.91. The molecule has 0 aliphatic rings. The molecule has 0 aliphatic carbocycles. The molecule has 0 radical (unpaired) electrons. The van der Waals surface area contributed by atoms with Crippen LogP contribution in [0, 0.1) is 0 Å². The van der Waals surface area contributed by atoms with Crippen molar-refractivity contribution in [2.24, 2.45) is 0 Å². The van der Waals surface area contributed by atoms with Gasteiger partial charge in [0, 0.05) is 13.9 Å². The summed E-state index contributed by atoms with van der Waals surface area (Å²) in [4.78, 5) is 0. The first-order valence-corrected chi connectivity index (χ1v) is 6.39. The molecule has 0 bridgehead atoms. The van der Waals surface area contributed by atoms with E-state index in [4.69, 9.17) is 4.74 Å². The first-order valence-electron chi connectivity index (χ1n) is 3.62. The van der Waals surface area contributed by atoms with E-state index in [-0.39, 0.29) is 0 Å². The van der Waals surface area contributed by atoms with Crippen LogP contribution in [-0.4, -0.2) is 11.5 Å². The number of ether oxygens (including phenoxy) is 1. The number of benzene rings is 1. The Kier molecular flexibility index (Phi) is 4.63. The molecule has 0 spiro atoms. The molecule has 0 amide bonds. The summed E-state index contributed by atoms with van der Waals surface area (Å²) in [6.45, 7) is 0. The monoisotopic (exact) mass is 388 g/mol. The Morgan fingerprint density at radius 3 is 2.67 bits per heavy atom. The Bertz CT molecular complexity index is 250. The highest BCUT2D eigenvalue weighted by molar-refractivity contribution is 14.1. The second kappa shape index (κ2) is 5.26. The van der Waals surface area contributed by atoms with E-state index >= 15 is 0 Å². The maximum absolute atomic E-state index is 5.26. The van der Waals surface area contributed by atoms with Crippen LogP contribution in [0.3, 0.4) is 0 Å². The Hall–Kier alpha value is 0.480. The van der Waals surface area contributed by atoms with Gasteiger partial charge in [-0.3, -0.25) is 0 Å². The molecule has 1 aromatic carbocycles. The predicted octanol–water partition coefficient (Wildman–Crippen LogP) is 3.61. The highest BCUT2D eigenvalue weighted by Crippen LogP contribution is 2.32. The molecular formula is C9H10I2O. The minimum absolute atomic E-state index is 0.541. The van der Waals surface area contributed by atoms with Crippen LogP contribution in [0.1, 0.15) is 9.49 Å². The van der Waals surface area contributed by atoms with Gasteiger partial charge >= 0.3 is 0 Å². The fourth-order valence-corrected chi connectivity index (χ4v) is 2.00. The van der Waals surface area contributed by atoms with E-state index in [1.54, 1.807) is 7.11 Å². The van der Waals surface area contributed by atoms with Crippen LogP contribution in [-0.2, 0) is 0 Å². The van der Waals surface area contributed by atoms with Crippen molar-refractivity contribution in [3.8, 4) is 5.75 Å². The predicted molar refractivity (Wildman–Crippen MR) is 68.6 cm³/mol. The van der Waals surface area contributed by atoms with Crippen LogP contribution in [0.15, 0.2) is 24.3 Å². The molecule has 0 aromatic heterocycles. The molecule has 0 saturated heterocycles. The topological polar surface area (TPSA) is 9.23 Å². The number of halogens is 2. The fourth-order valence-electron chi connectivity index (χ4n) is 1.01. The van der Waals surface area contributed by atoms with Crippen LogP contribution in [0.4, 0.5) is 0 Å². The van der Waals surface area contributed by atoms with Crippen molar-refractivity contribution in [1.29, 1.82) is 0 Å². The van der Waals surface area contributed by atoms with Gasteiger partial charge in [0.15, 0.2) is 0 Å². The van der Waals surface area contributed by atoms with E-state index in [1.807, 2.05) is 12.1 Å². The normalized spacial score (nSPS) is 12.6. The Balaban J connectivity index is 2.96. The highest BCUT2D eigenvalue weighted by Gasteiger charge is 2.09. The largest absolute Gasteiger partial charge is 0.496 e. The van der Waals surface area contributed by atoms with Crippen molar-refractivity contribution in [1.82, 2.24) is 0 Å². The van der Waals surface area contributed by atoms with E-state index in [0.29, 0.717) is 3.92 Å². The minimum atomic E-state index is 0.541. The molecule has 1 rings (SSSR count). The lowest BCUT2D eigenvalue weighted by Gasteiger charge is -2.10. The standard InChI is InChI=1S/C9H10I2O/c1-12-9-5-3-2-4-7(9)8(11)6-10/h2-5,8H,6H2,1H3. The van der Waals surface area contributed by atoms with Gasteiger partial charge < -0.3 is 4.74 Å². The van der Waals surface area contributed by atoms with Gasteiger partial charge in [-0.05, 0) is 6.07 Å². The molecule has 66 valence electrons. The quantitative estimate of drug-likeness (QED) is 0.568. The van der Waals surface area contributed by atoms with Crippen LogP contribution in [0.25, 0.3) is 0 Å². The zero-order valence-electron chi connectivity index (χ0n) is 6.76. The smallest absolute Gasteiger partial charge is 0.123 e. The fraction of sp³-hybridized carbons (Fsp3) is 0.333. The molecule has 12 heavy (non-hydrogen) atoms. The van der Waals surface area contributed by atoms with Gasteiger partial charge in [-0.15, -0.1) is 0 Å². The van der Waals surface area contributed by atoms with Gasteiger partial charge in [0.1, 0.15) is 5.75 Å². The number of hydrogen-bond donors (Lipinski definition) is 0. The van der Waals surface area contributed by atoms with E-state index in [1.165, 1.54) is 5.56 Å². The van der Waals surface area contributed by atoms with Crippen LogP contribution >= 0.6 is 45.2 Å². The van der Waals surface area contributed by atoms with Gasteiger partial charge in [-0.2, -0.15) is 0 Å². The Morgan fingerprint density at radius 2 is 2.08 bits per heavy atom. The summed E-state index contributed by atoms with van der Waals surface area (Å²) in [5.74, 6) is 0.994. The Labute approximate surface area is 100 Å². The number of hydrogen-bond acceptors (Lipinski definition) is 1. The maximum Gasteiger partial charge on any atom is 0.123 e. The SMILES string of the molecule is COc1ccccc1C(I)CI. The van der Waals surface area contributed by atoms with Crippen molar-refractivity contribution in [3.05, 3.63) is 29.8 Å². The van der Waals surface area contributed by atoms with E-state index in [2.05, 4.69) is 57.3 Å². The van der Waals surface area contributed by atoms with Gasteiger partial charge in [-0.1, -0.05) is 63.4 Å². The highest BCUT2D eigenvalue weighted by atomic mass is 127. The average Bonchev–Trinajstić information content (AvgIpc) is 2.16. The number of para-hydroxylation sites is 1. The lowest BCUT2D eigenvalue weighted by molar-refractivity contribution is 0.410. The van der Waals surface area contributed by atoms with Crippen molar-refractivity contribution in [2.75, 3.05) is 11.5 Å². The molecule has 0 aliphatic heterocycles. The molecule has 1 unspecified atom stereocenters.